The van der Waals surface area contributed by atoms with Crippen molar-refractivity contribution in [2.24, 2.45) is 0 Å². The van der Waals surface area contributed by atoms with Gasteiger partial charge >= 0.3 is 0 Å². The molecule has 0 bridgehead atoms. The van der Waals surface area contributed by atoms with E-state index < -0.39 is 9.05 Å². The molecule has 0 N–H and O–H groups in total. The van der Waals surface area contributed by atoms with Gasteiger partial charge in [-0.3, -0.25) is 0 Å². The van der Waals surface area contributed by atoms with Crippen molar-refractivity contribution < 1.29 is 13.2 Å². The lowest BCUT2D eigenvalue weighted by atomic mass is 9.98. The second-order valence-electron chi connectivity index (χ2n) is 4.26. The van der Waals surface area contributed by atoms with Gasteiger partial charge in [0.15, 0.2) is 0 Å². The highest BCUT2D eigenvalue weighted by Gasteiger charge is 2.07. The van der Waals surface area contributed by atoms with E-state index in [1.165, 1.54) is 5.56 Å². The molecule has 0 spiro atoms. The van der Waals surface area contributed by atoms with E-state index in [4.69, 9.17) is 15.4 Å². The minimum atomic E-state index is -3.48. The Bertz CT molecular complexity index is 481. The molecule has 0 saturated heterocycles. The van der Waals surface area contributed by atoms with Crippen LogP contribution < -0.4 is 4.74 Å². The summed E-state index contributed by atoms with van der Waals surface area (Å²) in [5.74, 6) is 0.957. The Labute approximate surface area is 107 Å². The number of rotatable bonds is 5. The first kappa shape index (κ1) is 14.3. The minimum Gasteiger partial charge on any atom is -0.492 e. The molecule has 0 aromatic heterocycles. The Hall–Kier alpha value is -0.740. The topological polar surface area (TPSA) is 43.4 Å². The standard InChI is InChI=1S/C12H17ClO3S/c1-9(2)12-5-4-11(8-10(12)3)16-6-7-17(13,14)15/h4-5,8-9H,6-7H2,1-3H3. The van der Waals surface area contributed by atoms with Crippen LogP contribution in [0.25, 0.3) is 0 Å². The summed E-state index contributed by atoms with van der Waals surface area (Å²) in [6.07, 6.45) is 0. The van der Waals surface area contributed by atoms with E-state index in [0.29, 0.717) is 11.7 Å². The van der Waals surface area contributed by atoms with Gasteiger partial charge in [-0.25, -0.2) is 8.42 Å². The molecule has 1 aromatic rings. The zero-order valence-corrected chi connectivity index (χ0v) is 11.8. The fourth-order valence-electron chi connectivity index (χ4n) is 1.64. The van der Waals surface area contributed by atoms with Gasteiger partial charge in [-0.15, -0.1) is 0 Å². The third-order valence-corrected chi connectivity index (χ3v) is 3.58. The second-order valence-corrected chi connectivity index (χ2v) is 7.16. The van der Waals surface area contributed by atoms with Crippen LogP contribution in [-0.4, -0.2) is 20.8 Å². The van der Waals surface area contributed by atoms with Gasteiger partial charge in [0.25, 0.3) is 0 Å². The highest BCUT2D eigenvalue weighted by Crippen LogP contribution is 2.23. The SMILES string of the molecule is Cc1cc(OCCS(=O)(=O)Cl)ccc1C(C)C. The molecule has 0 atom stereocenters. The molecule has 0 aliphatic carbocycles. The molecule has 0 heterocycles. The first-order valence-electron chi connectivity index (χ1n) is 5.45. The van der Waals surface area contributed by atoms with E-state index in [9.17, 15) is 8.42 Å². The molecule has 5 heteroatoms. The number of halogens is 1. The summed E-state index contributed by atoms with van der Waals surface area (Å²) in [4.78, 5) is 0. The summed E-state index contributed by atoms with van der Waals surface area (Å²) in [5.41, 5.74) is 2.41. The van der Waals surface area contributed by atoms with Crippen LogP contribution in [0.4, 0.5) is 0 Å². The van der Waals surface area contributed by atoms with Crippen LogP contribution >= 0.6 is 10.7 Å². The summed E-state index contributed by atoms with van der Waals surface area (Å²) >= 11 is 0. The molecule has 17 heavy (non-hydrogen) atoms. The summed E-state index contributed by atoms with van der Waals surface area (Å²) in [6.45, 7) is 6.35. The first-order chi connectivity index (χ1) is 7.79. The molecule has 0 radical (unpaired) electrons. The molecule has 0 unspecified atom stereocenters. The first-order valence-corrected chi connectivity index (χ1v) is 7.93. The molecule has 0 saturated carbocycles. The van der Waals surface area contributed by atoms with Gasteiger partial charge in [-0.2, -0.15) is 0 Å². The zero-order valence-electron chi connectivity index (χ0n) is 10.2. The highest BCUT2D eigenvalue weighted by atomic mass is 35.7. The van der Waals surface area contributed by atoms with Gasteiger partial charge in [0.2, 0.25) is 9.05 Å². The Morgan fingerprint density at radius 1 is 1.35 bits per heavy atom. The maximum absolute atomic E-state index is 10.7. The van der Waals surface area contributed by atoms with Gasteiger partial charge in [0, 0.05) is 10.7 Å². The number of hydrogen-bond donors (Lipinski definition) is 0. The molecular formula is C12H17ClO3S. The summed E-state index contributed by atoms with van der Waals surface area (Å²) in [5, 5.41) is 0. The molecule has 0 aliphatic rings. The summed E-state index contributed by atoms with van der Waals surface area (Å²) in [7, 11) is 1.61. The third-order valence-electron chi connectivity index (χ3n) is 2.46. The van der Waals surface area contributed by atoms with Crippen molar-refractivity contribution >= 4 is 19.7 Å². The largest absolute Gasteiger partial charge is 0.492 e. The number of hydrogen-bond acceptors (Lipinski definition) is 3. The van der Waals surface area contributed by atoms with E-state index in [2.05, 4.69) is 13.8 Å². The highest BCUT2D eigenvalue weighted by molar-refractivity contribution is 8.13. The second kappa shape index (κ2) is 5.74. The maximum Gasteiger partial charge on any atom is 0.235 e. The van der Waals surface area contributed by atoms with Gasteiger partial charge in [0.05, 0.1) is 5.75 Å². The Morgan fingerprint density at radius 2 is 2.00 bits per heavy atom. The van der Waals surface area contributed by atoms with Crippen LogP contribution in [0.3, 0.4) is 0 Å². The smallest absolute Gasteiger partial charge is 0.235 e. The lowest BCUT2D eigenvalue weighted by Crippen LogP contribution is -2.09. The maximum atomic E-state index is 10.7. The molecule has 0 fully saturated rings. The molecule has 3 nitrogen and oxygen atoms in total. The van der Waals surface area contributed by atoms with Gasteiger partial charge in [0.1, 0.15) is 12.4 Å². The monoisotopic (exact) mass is 276 g/mol. The van der Waals surface area contributed by atoms with E-state index >= 15 is 0 Å². The Morgan fingerprint density at radius 3 is 2.47 bits per heavy atom. The van der Waals surface area contributed by atoms with Gasteiger partial charge < -0.3 is 4.74 Å². The average molecular weight is 277 g/mol. The number of aryl methyl sites for hydroxylation is 1. The van der Waals surface area contributed by atoms with Crippen molar-refractivity contribution in [1.82, 2.24) is 0 Å². The lowest BCUT2D eigenvalue weighted by Gasteiger charge is -2.12. The van der Waals surface area contributed by atoms with Crippen LogP contribution in [0.2, 0.25) is 0 Å². The normalized spacial score (nSPS) is 11.8. The van der Waals surface area contributed by atoms with Crippen molar-refractivity contribution in [2.45, 2.75) is 26.7 Å². The van der Waals surface area contributed by atoms with E-state index in [0.717, 1.165) is 5.56 Å². The average Bonchev–Trinajstić information content (AvgIpc) is 2.15. The fraction of sp³-hybridized carbons (Fsp3) is 0.500. The Kier molecular flexibility index (Phi) is 4.83. The van der Waals surface area contributed by atoms with Crippen LogP contribution in [0.15, 0.2) is 18.2 Å². The van der Waals surface area contributed by atoms with Crippen LogP contribution in [0, 0.1) is 6.92 Å². The fourth-order valence-corrected chi connectivity index (χ4v) is 2.12. The van der Waals surface area contributed by atoms with Crippen molar-refractivity contribution in [2.75, 3.05) is 12.4 Å². The molecule has 0 amide bonds. The van der Waals surface area contributed by atoms with Crippen molar-refractivity contribution in [3.63, 3.8) is 0 Å². The van der Waals surface area contributed by atoms with Gasteiger partial charge in [-0.1, -0.05) is 19.9 Å². The molecule has 96 valence electrons. The lowest BCUT2D eigenvalue weighted by molar-refractivity contribution is 0.341. The van der Waals surface area contributed by atoms with Crippen molar-refractivity contribution in [3.8, 4) is 5.75 Å². The predicted octanol–water partition coefficient (Wildman–Crippen LogP) is 3.07. The Balaban J connectivity index is 2.65. The van der Waals surface area contributed by atoms with Crippen LogP contribution in [0.5, 0.6) is 5.75 Å². The van der Waals surface area contributed by atoms with E-state index in [1.54, 1.807) is 0 Å². The van der Waals surface area contributed by atoms with Crippen LogP contribution in [0.1, 0.15) is 30.9 Å². The van der Waals surface area contributed by atoms with E-state index in [-0.39, 0.29) is 12.4 Å². The molecule has 0 aliphatic heterocycles. The summed E-state index contributed by atoms with van der Waals surface area (Å²) in [6, 6.07) is 5.77. The van der Waals surface area contributed by atoms with E-state index in [1.807, 2.05) is 25.1 Å². The van der Waals surface area contributed by atoms with Crippen molar-refractivity contribution in [3.05, 3.63) is 29.3 Å². The summed E-state index contributed by atoms with van der Waals surface area (Å²) < 4.78 is 26.8. The third kappa shape index (κ3) is 4.96. The molecule has 1 rings (SSSR count). The van der Waals surface area contributed by atoms with Crippen LogP contribution in [-0.2, 0) is 9.05 Å². The number of ether oxygens (including phenoxy) is 1. The predicted molar refractivity (Wildman–Crippen MR) is 70.4 cm³/mol. The molecule has 1 aromatic carbocycles. The quantitative estimate of drug-likeness (QED) is 0.777. The molecular weight excluding hydrogens is 260 g/mol. The van der Waals surface area contributed by atoms with Crippen molar-refractivity contribution in [1.29, 1.82) is 0 Å². The van der Waals surface area contributed by atoms with Gasteiger partial charge in [-0.05, 0) is 36.1 Å². The number of benzene rings is 1. The minimum absolute atomic E-state index is 0.0757. The zero-order chi connectivity index (χ0) is 13.1.